The van der Waals surface area contributed by atoms with Crippen molar-refractivity contribution >= 4 is 7.85 Å². The Balaban J connectivity index is 1.45. The van der Waals surface area contributed by atoms with Crippen molar-refractivity contribution in [1.29, 1.82) is 0 Å². The van der Waals surface area contributed by atoms with Crippen LogP contribution in [0, 0.1) is 11.8 Å². The maximum atomic E-state index is 6.84. The zero-order valence-corrected chi connectivity index (χ0v) is 14.9. The van der Waals surface area contributed by atoms with Crippen LogP contribution in [-0.2, 0) is 5.31 Å². The van der Waals surface area contributed by atoms with E-state index in [2.05, 4.69) is 65.6 Å². The number of hydrogen-bond acceptors (Lipinski definition) is 1. The van der Waals surface area contributed by atoms with Crippen molar-refractivity contribution in [3.8, 4) is 22.4 Å². The maximum Gasteiger partial charge on any atom is 0.0814 e. The fraction of sp³-hybridized carbons (Fsp3) is 0.292. The number of nitrogens with zero attached hydrogens (tertiary/aromatic N) is 1. The van der Waals surface area contributed by atoms with Crippen molar-refractivity contribution in [2.24, 2.45) is 11.8 Å². The molecule has 5 rings (SSSR count). The molecule has 1 heterocycles. The molecule has 126 valence electrons. The lowest BCUT2D eigenvalue weighted by molar-refractivity contribution is 0.373. The number of rotatable bonds is 3. The van der Waals surface area contributed by atoms with Gasteiger partial charge in [-0.1, -0.05) is 73.0 Å². The molecule has 2 aliphatic rings. The van der Waals surface area contributed by atoms with Crippen LogP contribution in [0.1, 0.15) is 31.2 Å². The highest BCUT2D eigenvalue weighted by atomic mass is 14.7. The number of benzene rings is 2. The second-order valence-corrected chi connectivity index (χ2v) is 7.99. The molecule has 3 atom stereocenters. The molecule has 26 heavy (non-hydrogen) atoms. The summed E-state index contributed by atoms with van der Waals surface area (Å²) in [6, 6.07) is 23.5. The summed E-state index contributed by atoms with van der Waals surface area (Å²) < 4.78 is 0. The third-order valence-electron chi connectivity index (χ3n) is 6.48. The highest BCUT2D eigenvalue weighted by Crippen LogP contribution is 2.55. The first-order chi connectivity index (χ1) is 12.7. The van der Waals surface area contributed by atoms with Gasteiger partial charge in [0, 0.05) is 11.8 Å². The smallest absolute Gasteiger partial charge is 0.0814 e. The Morgan fingerprint density at radius 2 is 1.65 bits per heavy atom. The lowest BCUT2D eigenvalue weighted by Gasteiger charge is -2.35. The summed E-state index contributed by atoms with van der Waals surface area (Å²) in [4.78, 5) is 4.53. The Bertz CT molecular complexity index is 918. The summed E-state index contributed by atoms with van der Waals surface area (Å²) in [7, 11) is 6.84. The predicted octanol–water partition coefficient (Wildman–Crippen LogP) is 5.60. The van der Waals surface area contributed by atoms with E-state index in [0.717, 1.165) is 23.6 Å². The number of pyridine rings is 1. The van der Waals surface area contributed by atoms with Gasteiger partial charge in [-0.3, -0.25) is 4.98 Å². The van der Waals surface area contributed by atoms with Crippen LogP contribution in [0.15, 0.2) is 72.9 Å². The van der Waals surface area contributed by atoms with Gasteiger partial charge in [-0.15, -0.1) is 0 Å². The molecular weight excluding hydrogens is 313 g/mol. The van der Waals surface area contributed by atoms with Crippen molar-refractivity contribution < 1.29 is 0 Å². The van der Waals surface area contributed by atoms with Crippen LogP contribution in [0.2, 0.25) is 0 Å². The van der Waals surface area contributed by atoms with Crippen molar-refractivity contribution in [3.05, 3.63) is 78.5 Å². The minimum absolute atomic E-state index is 0.102. The molecule has 3 unspecified atom stereocenters. The molecule has 2 radical (unpaired) electrons. The van der Waals surface area contributed by atoms with Gasteiger partial charge < -0.3 is 0 Å². The zero-order chi connectivity index (χ0) is 17.6. The molecule has 1 aromatic heterocycles. The molecular formula is C24H22BN. The molecule has 0 saturated heterocycles. The Morgan fingerprint density at radius 1 is 0.846 bits per heavy atom. The summed E-state index contributed by atoms with van der Waals surface area (Å²) in [5.41, 5.74) is 5.89. The van der Waals surface area contributed by atoms with Gasteiger partial charge in [0.2, 0.25) is 0 Å². The number of fused-ring (bicyclic) bond motifs is 2. The van der Waals surface area contributed by atoms with Gasteiger partial charge in [0.1, 0.15) is 0 Å². The van der Waals surface area contributed by atoms with Crippen molar-refractivity contribution in [2.75, 3.05) is 0 Å². The summed E-state index contributed by atoms with van der Waals surface area (Å²) in [6.45, 7) is 0. The van der Waals surface area contributed by atoms with Crippen LogP contribution >= 0.6 is 0 Å². The monoisotopic (exact) mass is 335 g/mol. The number of hydrogen-bond donors (Lipinski definition) is 0. The SMILES string of the molecule is [B]C1(c2ccc(-c3ccnc(-c4ccccc4)c3)cc2)CC2CCC1C2. The maximum absolute atomic E-state index is 6.84. The van der Waals surface area contributed by atoms with Crippen LogP contribution in [-0.4, -0.2) is 12.8 Å². The summed E-state index contributed by atoms with van der Waals surface area (Å²) in [5, 5.41) is -0.102. The zero-order valence-electron chi connectivity index (χ0n) is 14.9. The van der Waals surface area contributed by atoms with Crippen molar-refractivity contribution in [1.82, 2.24) is 4.98 Å². The quantitative estimate of drug-likeness (QED) is 0.568. The number of aromatic nitrogens is 1. The second-order valence-electron chi connectivity index (χ2n) is 7.99. The first-order valence-electron chi connectivity index (χ1n) is 9.64. The normalized spacial score (nSPS) is 26.9. The molecule has 2 aliphatic carbocycles. The van der Waals surface area contributed by atoms with E-state index < -0.39 is 0 Å². The molecule has 2 bridgehead atoms. The standard InChI is InChI=1S/C24H22BN/c25-24(16-17-6-9-22(24)14-17)21-10-7-18(8-11-21)20-12-13-26-23(15-20)19-4-2-1-3-5-19/h1-5,7-8,10-13,15,17,22H,6,9,14,16H2. The van der Waals surface area contributed by atoms with E-state index in [1.54, 1.807) is 0 Å². The van der Waals surface area contributed by atoms with E-state index in [-0.39, 0.29) is 5.31 Å². The molecule has 0 aliphatic heterocycles. The van der Waals surface area contributed by atoms with E-state index >= 15 is 0 Å². The largest absolute Gasteiger partial charge is 0.256 e. The van der Waals surface area contributed by atoms with Gasteiger partial charge in [0.05, 0.1) is 13.5 Å². The van der Waals surface area contributed by atoms with Gasteiger partial charge in [-0.05, 0) is 53.3 Å². The molecule has 1 nitrogen and oxygen atoms in total. The molecule has 3 aromatic rings. The molecule has 2 heteroatoms. The summed E-state index contributed by atoms with van der Waals surface area (Å²) >= 11 is 0. The van der Waals surface area contributed by atoms with Crippen LogP contribution in [0.3, 0.4) is 0 Å². The lowest BCUT2D eigenvalue weighted by atomic mass is 9.55. The van der Waals surface area contributed by atoms with Crippen molar-refractivity contribution in [2.45, 2.75) is 31.0 Å². The van der Waals surface area contributed by atoms with Gasteiger partial charge in [0.25, 0.3) is 0 Å². The highest BCUT2D eigenvalue weighted by Gasteiger charge is 2.47. The molecule has 0 spiro atoms. The topological polar surface area (TPSA) is 12.9 Å². The predicted molar refractivity (Wildman–Crippen MR) is 108 cm³/mol. The molecule has 0 N–H and O–H groups in total. The minimum atomic E-state index is -0.102. The Hall–Kier alpha value is -2.35. The third kappa shape index (κ3) is 2.60. The Morgan fingerprint density at radius 3 is 2.35 bits per heavy atom. The fourth-order valence-corrected chi connectivity index (χ4v) is 5.08. The van der Waals surface area contributed by atoms with Crippen LogP contribution in [0.5, 0.6) is 0 Å². The van der Waals surface area contributed by atoms with Gasteiger partial charge >= 0.3 is 0 Å². The van der Waals surface area contributed by atoms with E-state index in [4.69, 9.17) is 7.85 Å². The minimum Gasteiger partial charge on any atom is -0.256 e. The Labute approximate surface area is 156 Å². The van der Waals surface area contributed by atoms with Gasteiger partial charge in [-0.2, -0.15) is 0 Å². The molecule has 2 fully saturated rings. The van der Waals surface area contributed by atoms with E-state index in [1.807, 2.05) is 12.3 Å². The fourth-order valence-electron chi connectivity index (χ4n) is 5.08. The highest BCUT2D eigenvalue weighted by molar-refractivity contribution is 6.16. The molecule has 2 aromatic carbocycles. The van der Waals surface area contributed by atoms with Crippen LogP contribution in [0.4, 0.5) is 0 Å². The van der Waals surface area contributed by atoms with Crippen molar-refractivity contribution in [3.63, 3.8) is 0 Å². The third-order valence-corrected chi connectivity index (χ3v) is 6.48. The van der Waals surface area contributed by atoms with E-state index in [9.17, 15) is 0 Å². The van der Waals surface area contributed by atoms with Gasteiger partial charge in [0.15, 0.2) is 0 Å². The molecule has 2 saturated carbocycles. The first kappa shape index (κ1) is 15.9. The lowest BCUT2D eigenvalue weighted by Crippen LogP contribution is -2.32. The van der Waals surface area contributed by atoms with Crippen LogP contribution in [0.25, 0.3) is 22.4 Å². The van der Waals surface area contributed by atoms with E-state index in [1.165, 1.54) is 36.0 Å². The van der Waals surface area contributed by atoms with Gasteiger partial charge in [-0.25, -0.2) is 0 Å². The Kier molecular flexibility index (Phi) is 3.74. The van der Waals surface area contributed by atoms with E-state index in [0.29, 0.717) is 5.92 Å². The molecule has 0 amide bonds. The van der Waals surface area contributed by atoms with Crippen LogP contribution < -0.4 is 0 Å². The summed E-state index contributed by atoms with van der Waals surface area (Å²) in [5.74, 6) is 1.52. The average Bonchev–Trinajstić information content (AvgIpc) is 3.30. The second kappa shape index (κ2) is 6.12. The first-order valence-corrected chi connectivity index (χ1v) is 9.64. The average molecular weight is 335 g/mol. The summed E-state index contributed by atoms with van der Waals surface area (Å²) in [6.07, 6.45) is 7.05.